The molecule has 0 spiro atoms. The molecule has 0 heterocycles. The first-order valence-corrected chi connectivity index (χ1v) is 11.7. The highest BCUT2D eigenvalue weighted by atomic mass is 35.5. The fourth-order valence-electron chi connectivity index (χ4n) is 5.99. The summed E-state index contributed by atoms with van der Waals surface area (Å²) in [5, 5.41) is 47.5. The number of nitrogens with one attached hydrogen (secondary N) is 1. The van der Waals surface area contributed by atoms with Crippen LogP contribution in [0.4, 0.5) is 5.69 Å². The molecule has 1 aromatic rings. The van der Waals surface area contributed by atoms with Crippen LogP contribution >= 0.6 is 12.4 Å². The van der Waals surface area contributed by atoms with Crippen molar-refractivity contribution in [3.05, 3.63) is 40.2 Å². The van der Waals surface area contributed by atoms with Crippen LogP contribution in [0.2, 0.25) is 0 Å². The van der Waals surface area contributed by atoms with Crippen molar-refractivity contribution in [1.82, 2.24) is 10.2 Å². The molecule has 11 nitrogen and oxygen atoms in total. The number of nitrogens with zero attached hydrogens (tertiary/aromatic N) is 2. The molecule has 202 valence electrons. The number of aromatic hydroxyl groups is 1. The Bertz CT molecular complexity index is 1230. The van der Waals surface area contributed by atoms with E-state index in [1.54, 1.807) is 20.2 Å². The van der Waals surface area contributed by atoms with Gasteiger partial charge < -0.3 is 36.4 Å². The first kappa shape index (κ1) is 28.5. The van der Waals surface area contributed by atoms with Gasteiger partial charge in [-0.25, -0.2) is 0 Å². The predicted octanol–water partition coefficient (Wildman–Crippen LogP) is 0.0414. The first-order chi connectivity index (χ1) is 16.9. The summed E-state index contributed by atoms with van der Waals surface area (Å²) in [5.74, 6) is -6.57. The predicted molar refractivity (Wildman–Crippen MR) is 139 cm³/mol. The second-order valence-corrected chi connectivity index (χ2v) is 9.94. The van der Waals surface area contributed by atoms with Crippen molar-refractivity contribution in [3.63, 3.8) is 0 Å². The van der Waals surface area contributed by atoms with Gasteiger partial charge in [-0.3, -0.25) is 19.3 Å². The maximum absolute atomic E-state index is 13.8. The van der Waals surface area contributed by atoms with Gasteiger partial charge in [0, 0.05) is 37.3 Å². The third-order valence-corrected chi connectivity index (χ3v) is 7.69. The van der Waals surface area contributed by atoms with E-state index in [-0.39, 0.29) is 42.1 Å². The van der Waals surface area contributed by atoms with E-state index >= 15 is 0 Å². The second kappa shape index (κ2) is 9.97. The number of halogens is 1. The molecule has 3 aliphatic rings. The standard InChI is InChI=1S/C25H32N4O7.ClH/c1-27-7-8-29(4)14-5-6-15(30)17-12(14)9-11-10-13-19(28(2)3)21(32)18(24(26)35)23(34)25(13,36)22(33)16(11)20(17)31;/h5-6,11,13,19,27,30-31,34,36H,7-10H2,1-4H3,(H2,26,35);1H/t11?,13-,19+,25-;/m0./s1. The molecule has 0 aliphatic heterocycles. The summed E-state index contributed by atoms with van der Waals surface area (Å²) in [7, 11) is 6.84. The molecule has 1 aromatic carbocycles. The van der Waals surface area contributed by atoms with E-state index in [0.717, 1.165) is 5.69 Å². The summed E-state index contributed by atoms with van der Waals surface area (Å²) in [5.41, 5.74) is 3.20. The zero-order valence-corrected chi connectivity index (χ0v) is 21.9. The van der Waals surface area contributed by atoms with Crippen LogP contribution in [0.5, 0.6) is 5.75 Å². The van der Waals surface area contributed by atoms with Crippen LogP contribution < -0.4 is 16.0 Å². The van der Waals surface area contributed by atoms with Gasteiger partial charge in [-0.05, 0) is 57.6 Å². The second-order valence-electron chi connectivity index (χ2n) is 9.94. The number of rotatable bonds is 6. The number of benzene rings is 1. The fourth-order valence-corrected chi connectivity index (χ4v) is 5.99. The van der Waals surface area contributed by atoms with Crippen LogP contribution in [0.25, 0.3) is 5.76 Å². The molecule has 37 heavy (non-hydrogen) atoms. The number of Topliss-reactive ketones (excluding diaryl/α,β-unsaturated/α-hetero) is 2. The number of hydrogen-bond donors (Lipinski definition) is 6. The Morgan fingerprint density at radius 1 is 1.19 bits per heavy atom. The molecule has 0 radical (unpaired) electrons. The molecule has 1 unspecified atom stereocenters. The van der Waals surface area contributed by atoms with Gasteiger partial charge in [-0.15, -0.1) is 12.4 Å². The number of anilines is 1. The highest BCUT2D eigenvalue weighted by Crippen LogP contribution is 2.53. The lowest BCUT2D eigenvalue weighted by atomic mass is 9.57. The van der Waals surface area contributed by atoms with Gasteiger partial charge in [0.1, 0.15) is 22.8 Å². The van der Waals surface area contributed by atoms with Gasteiger partial charge in [0.05, 0.1) is 11.6 Å². The molecule has 0 aromatic heterocycles. The number of likely N-dealkylation sites (N-methyl/N-ethyl adjacent to an activating group) is 3. The van der Waals surface area contributed by atoms with E-state index in [2.05, 4.69) is 5.32 Å². The van der Waals surface area contributed by atoms with Crippen LogP contribution in [-0.4, -0.2) is 95.7 Å². The molecule has 1 amide bonds. The maximum atomic E-state index is 13.8. The number of ketones is 2. The monoisotopic (exact) mass is 536 g/mol. The summed E-state index contributed by atoms with van der Waals surface area (Å²) in [6.07, 6.45) is 0.309. The van der Waals surface area contributed by atoms with Crippen molar-refractivity contribution >= 4 is 41.3 Å². The van der Waals surface area contributed by atoms with Gasteiger partial charge in [0.25, 0.3) is 5.91 Å². The third-order valence-electron chi connectivity index (χ3n) is 7.69. The maximum Gasteiger partial charge on any atom is 0.255 e. The van der Waals surface area contributed by atoms with Crippen LogP contribution in [0.3, 0.4) is 0 Å². The van der Waals surface area contributed by atoms with E-state index in [0.29, 0.717) is 18.7 Å². The average molecular weight is 537 g/mol. The summed E-state index contributed by atoms with van der Waals surface area (Å²) in [6.45, 7) is 1.33. The van der Waals surface area contributed by atoms with Gasteiger partial charge in [0.2, 0.25) is 5.78 Å². The van der Waals surface area contributed by atoms with Gasteiger partial charge in [-0.1, -0.05) is 0 Å². The summed E-state index contributed by atoms with van der Waals surface area (Å²) in [4.78, 5) is 42.4. The Balaban J connectivity index is 0.00000380. The number of carbonyl (C=O) groups is 3. The smallest absolute Gasteiger partial charge is 0.255 e. The van der Waals surface area contributed by atoms with E-state index in [1.165, 1.54) is 11.0 Å². The molecule has 12 heteroatoms. The van der Waals surface area contributed by atoms with Gasteiger partial charge >= 0.3 is 0 Å². The number of phenols is 1. The van der Waals surface area contributed by atoms with Crippen molar-refractivity contribution in [1.29, 1.82) is 0 Å². The fraction of sp³-hybridized carbons (Fsp3) is 0.480. The van der Waals surface area contributed by atoms with E-state index in [1.807, 2.05) is 19.0 Å². The van der Waals surface area contributed by atoms with Crippen molar-refractivity contribution in [2.24, 2.45) is 17.6 Å². The molecular formula is C25H33ClN4O7. The minimum Gasteiger partial charge on any atom is -0.508 e. The molecule has 0 saturated heterocycles. The number of carbonyl (C=O) groups excluding carboxylic acids is 3. The molecule has 0 bridgehead atoms. The summed E-state index contributed by atoms with van der Waals surface area (Å²) >= 11 is 0. The molecule has 4 rings (SSSR count). The van der Waals surface area contributed by atoms with Crippen LogP contribution in [0.15, 0.2) is 29.0 Å². The highest BCUT2D eigenvalue weighted by Gasteiger charge is 2.64. The third kappa shape index (κ3) is 4.06. The Morgan fingerprint density at radius 2 is 1.84 bits per heavy atom. The molecule has 1 fully saturated rings. The zero-order chi connectivity index (χ0) is 26.7. The molecule has 4 atom stereocenters. The topological polar surface area (TPSA) is 177 Å². The Labute approximate surface area is 220 Å². The van der Waals surface area contributed by atoms with Gasteiger partial charge in [-0.2, -0.15) is 0 Å². The largest absolute Gasteiger partial charge is 0.508 e. The lowest BCUT2D eigenvalue weighted by molar-refractivity contribution is -0.153. The first-order valence-electron chi connectivity index (χ1n) is 11.7. The number of hydrogen-bond acceptors (Lipinski definition) is 10. The summed E-state index contributed by atoms with van der Waals surface area (Å²) < 4.78 is 0. The minimum atomic E-state index is -2.64. The zero-order valence-electron chi connectivity index (χ0n) is 21.1. The average Bonchev–Trinajstić information content (AvgIpc) is 2.79. The SMILES string of the molecule is CNCCN(C)c1ccc(O)c2c1CC1C[C@H]3[C@@H](N(C)C)C(=O)C(C(N)=O)=C(O)[C@@]3(O)C(=O)C1=C2O.Cl. The minimum absolute atomic E-state index is 0. The quantitative estimate of drug-likeness (QED) is 0.272. The lowest BCUT2D eigenvalue weighted by Gasteiger charge is -2.50. The Morgan fingerprint density at radius 3 is 2.41 bits per heavy atom. The normalized spacial score (nSPS) is 26.9. The number of aliphatic hydroxyl groups excluding tert-OH is 2. The number of amides is 1. The molecule has 1 saturated carbocycles. The number of primary amides is 1. The number of fused-ring (bicyclic) bond motifs is 3. The van der Waals surface area contributed by atoms with Crippen LogP contribution in [-0.2, 0) is 20.8 Å². The van der Waals surface area contributed by atoms with Crippen molar-refractivity contribution < 1.29 is 34.8 Å². The number of nitrogens with two attached hydrogens (primary N) is 1. The Hall–Kier alpha value is -3.12. The van der Waals surface area contributed by atoms with Crippen LogP contribution in [0, 0.1) is 11.8 Å². The number of aliphatic hydroxyl groups is 3. The highest BCUT2D eigenvalue weighted by molar-refractivity contribution is 6.24. The number of phenolic OH excluding ortho intramolecular Hbond substituents is 1. The van der Waals surface area contributed by atoms with Crippen molar-refractivity contribution in [2.45, 2.75) is 24.5 Å². The van der Waals surface area contributed by atoms with Crippen LogP contribution in [0.1, 0.15) is 17.5 Å². The molecular weight excluding hydrogens is 504 g/mol. The van der Waals surface area contributed by atoms with E-state index < -0.39 is 58.0 Å². The van der Waals surface area contributed by atoms with Gasteiger partial charge in [0.15, 0.2) is 11.4 Å². The van der Waals surface area contributed by atoms with E-state index in [9.17, 15) is 34.8 Å². The molecule has 3 aliphatic carbocycles. The van der Waals surface area contributed by atoms with Crippen molar-refractivity contribution in [2.75, 3.05) is 46.2 Å². The molecule has 7 N–H and O–H groups in total. The Kier molecular flexibility index (Phi) is 7.67. The van der Waals surface area contributed by atoms with E-state index in [4.69, 9.17) is 5.73 Å². The lowest BCUT2D eigenvalue weighted by Crippen LogP contribution is -2.65. The summed E-state index contributed by atoms with van der Waals surface area (Å²) in [6, 6.07) is 2.06. The van der Waals surface area contributed by atoms with Crippen molar-refractivity contribution in [3.8, 4) is 5.75 Å².